The molecule has 1 aliphatic heterocycles. The van der Waals surface area contributed by atoms with Gasteiger partial charge in [-0.15, -0.1) is 11.3 Å². The Balaban J connectivity index is 1.80. The molecule has 0 aromatic carbocycles. The van der Waals surface area contributed by atoms with Crippen molar-refractivity contribution in [3.8, 4) is 0 Å². The Morgan fingerprint density at radius 3 is 3.00 bits per heavy atom. The number of hydrogen-bond acceptors (Lipinski definition) is 4. The van der Waals surface area contributed by atoms with Crippen molar-refractivity contribution < 1.29 is 0 Å². The van der Waals surface area contributed by atoms with E-state index in [1.54, 1.807) is 0 Å². The summed E-state index contributed by atoms with van der Waals surface area (Å²) in [5, 5.41) is 2.18. The number of nitrogens with zero attached hydrogens (tertiary/aromatic N) is 2. The molecule has 0 radical (unpaired) electrons. The van der Waals surface area contributed by atoms with Gasteiger partial charge >= 0.3 is 0 Å². The van der Waals surface area contributed by atoms with Crippen molar-refractivity contribution in [1.82, 2.24) is 4.98 Å². The smallest absolute Gasteiger partial charge is 0.128 e. The summed E-state index contributed by atoms with van der Waals surface area (Å²) in [6, 6.07) is 6.44. The third-order valence-corrected chi connectivity index (χ3v) is 4.45. The van der Waals surface area contributed by atoms with E-state index in [1.807, 2.05) is 24.5 Å². The average molecular weight is 259 g/mol. The molecule has 3 rings (SSSR count). The molecule has 2 N–H and O–H groups in total. The summed E-state index contributed by atoms with van der Waals surface area (Å²) < 4.78 is 0. The molecule has 0 aliphatic carbocycles. The molecule has 0 saturated heterocycles. The van der Waals surface area contributed by atoms with Gasteiger partial charge in [0.2, 0.25) is 0 Å². The second kappa shape index (κ2) is 4.71. The normalized spacial score (nSPS) is 16.4. The molecular weight excluding hydrogens is 242 g/mol. The predicted molar refractivity (Wildman–Crippen MR) is 75.9 cm³/mol. The second-order valence-corrected chi connectivity index (χ2v) is 5.78. The first-order chi connectivity index (χ1) is 8.74. The maximum atomic E-state index is 5.84. The Kier molecular flexibility index (Phi) is 3.06. The van der Waals surface area contributed by atoms with E-state index in [4.69, 9.17) is 5.73 Å². The molecule has 2 aromatic rings. The Hall–Kier alpha value is -1.39. The lowest BCUT2D eigenvalue weighted by molar-refractivity contribution is 0.729. The summed E-state index contributed by atoms with van der Waals surface area (Å²) in [6.45, 7) is 4.01. The van der Waals surface area contributed by atoms with Crippen LogP contribution in [0.3, 0.4) is 0 Å². The van der Waals surface area contributed by atoms with Crippen molar-refractivity contribution in [2.45, 2.75) is 25.9 Å². The van der Waals surface area contributed by atoms with Crippen molar-refractivity contribution >= 4 is 17.2 Å². The zero-order chi connectivity index (χ0) is 12.5. The number of nitrogens with two attached hydrogens (primary N) is 1. The molecule has 4 heteroatoms. The number of pyridine rings is 1. The molecular formula is C14H17N3S. The minimum Gasteiger partial charge on any atom is -0.352 e. The summed E-state index contributed by atoms with van der Waals surface area (Å²) in [5.41, 5.74) is 8.38. The van der Waals surface area contributed by atoms with Crippen molar-refractivity contribution in [2.24, 2.45) is 5.73 Å². The van der Waals surface area contributed by atoms with E-state index in [2.05, 4.69) is 33.5 Å². The summed E-state index contributed by atoms with van der Waals surface area (Å²) in [5.74, 6) is 1.05. The van der Waals surface area contributed by atoms with Crippen molar-refractivity contribution in [3.05, 3.63) is 45.8 Å². The topological polar surface area (TPSA) is 42.1 Å². The van der Waals surface area contributed by atoms with Gasteiger partial charge in [0.05, 0.1) is 0 Å². The fraction of sp³-hybridized carbons (Fsp3) is 0.357. The minimum atomic E-state index is 0.0522. The SMILES string of the molecule is C[C@@H](N)c1ccc(N2CCc3sccc3C2)nc1. The zero-order valence-corrected chi connectivity index (χ0v) is 11.3. The average Bonchev–Trinajstić information content (AvgIpc) is 2.86. The van der Waals surface area contributed by atoms with Gasteiger partial charge in [0.1, 0.15) is 5.82 Å². The lowest BCUT2D eigenvalue weighted by Gasteiger charge is -2.28. The van der Waals surface area contributed by atoms with E-state index in [-0.39, 0.29) is 6.04 Å². The number of rotatable bonds is 2. The zero-order valence-electron chi connectivity index (χ0n) is 10.5. The number of anilines is 1. The van der Waals surface area contributed by atoms with Crippen LogP contribution in [0.15, 0.2) is 29.8 Å². The van der Waals surface area contributed by atoms with E-state index < -0.39 is 0 Å². The van der Waals surface area contributed by atoms with E-state index in [0.717, 1.165) is 30.9 Å². The van der Waals surface area contributed by atoms with E-state index in [1.165, 1.54) is 10.4 Å². The first kappa shape index (κ1) is 11.7. The van der Waals surface area contributed by atoms with Crippen LogP contribution in [0.5, 0.6) is 0 Å². The van der Waals surface area contributed by atoms with Gasteiger partial charge < -0.3 is 10.6 Å². The van der Waals surface area contributed by atoms with Gasteiger partial charge in [-0.2, -0.15) is 0 Å². The molecule has 1 atom stereocenters. The maximum absolute atomic E-state index is 5.84. The Morgan fingerprint density at radius 2 is 2.28 bits per heavy atom. The van der Waals surface area contributed by atoms with Crippen molar-refractivity contribution in [3.63, 3.8) is 0 Å². The molecule has 3 nitrogen and oxygen atoms in total. The summed E-state index contributed by atoms with van der Waals surface area (Å²) in [6.07, 6.45) is 3.02. The fourth-order valence-electron chi connectivity index (χ4n) is 2.30. The molecule has 0 saturated carbocycles. The molecule has 18 heavy (non-hydrogen) atoms. The van der Waals surface area contributed by atoms with Gasteiger partial charge in [-0.05, 0) is 42.0 Å². The monoisotopic (exact) mass is 259 g/mol. The first-order valence-electron chi connectivity index (χ1n) is 6.26. The minimum absolute atomic E-state index is 0.0522. The molecule has 2 aromatic heterocycles. The van der Waals surface area contributed by atoms with Gasteiger partial charge in [-0.1, -0.05) is 6.07 Å². The Bertz CT molecular complexity index is 530. The fourth-order valence-corrected chi connectivity index (χ4v) is 3.19. The molecule has 3 heterocycles. The molecule has 94 valence electrons. The quantitative estimate of drug-likeness (QED) is 0.901. The van der Waals surface area contributed by atoms with Crippen LogP contribution in [0, 0.1) is 0 Å². The van der Waals surface area contributed by atoms with Crippen LogP contribution in [0.4, 0.5) is 5.82 Å². The lowest BCUT2D eigenvalue weighted by Crippen LogP contribution is -2.30. The van der Waals surface area contributed by atoms with Crippen LogP contribution in [-0.2, 0) is 13.0 Å². The van der Waals surface area contributed by atoms with Gasteiger partial charge in [-0.25, -0.2) is 4.98 Å². The largest absolute Gasteiger partial charge is 0.352 e. The van der Waals surface area contributed by atoms with E-state index in [9.17, 15) is 0 Å². The molecule has 0 spiro atoms. The number of aromatic nitrogens is 1. The van der Waals surface area contributed by atoms with Crippen molar-refractivity contribution in [1.29, 1.82) is 0 Å². The number of hydrogen-bond donors (Lipinski definition) is 1. The van der Waals surface area contributed by atoms with Gasteiger partial charge in [-0.3, -0.25) is 0 Å². The predicted octanol–water partition coefficient (Wildman–Crippen LogP) is 2.73. The molecule has 0 amide bonds. The third-order valence-electron chi connectivity index (χ3n) is 3.43. The Labute approximate surface area is 111 Å². The second-order valence-electron chi connectivity index (χ2n) is 4.78. The van der Waals surface area contributed by atoms with Crippen LogP contribution >= 0.6 is 11.3 Å². The number of thiophene rings is 1. The lowest BCUT2D eigenvalue weighted by atomic mass is 10.1. The highest BCUT2D eigenvalue weighted by Gasteiger charge is 2.18. The number of fused-ring (bicyclic) bond motifs is 1. The molecule has 1 aliphatic rings. The highest BCUT2D eigenvalue weighted by atomic mass is 32.1. The molecule has 0 bridgehead atoms. The van der Waals surface area contributed by atoms with Crippen molar-refractivity contribution in [2.75, 3.05) is 11.4 Å². The molecule has 0 fully saturated rings. The van der Waals surface area contributed by atoms with Crippen LogP contribution in [0.25, 0.3) is 0 Å². The first-order valence-corrected chi connectivity index (χ1v) is 7.14. The molecule has 0 unspecified atom stereocenters. The third kappa shape index (κ3) is 2.13. The highest BCUT2D eigenvalue weighted by molar-refractivity contribution is 7.10. The Morgan fingerprint density at radius 1 is 1.39 bits per heavy atom. The summed E-state index contributed by atoms with van der Waals surface area (Å²) in [4.78, 5) is 8.39. The van der Waals surface area contributed by atoms with Gasteiger partial charge in [0.25, 0.3) is 0 Å². The van der Waals surface area contributed by atoms with Crippen LogP contribution in [0.1, 0.15) is 29.0 Å². The van der Waals surface area contributed by atoms with Crippen LogP contribution in [0.2, 0.25) is 0 Å². The van der Waals surface area contributed by atoms with E-state index >= 15 is 0 Å². The van der Waals surface area contributed by atoms with Gasteiger partial charge in [0, 0.05) is 30.2 Å². The summed E-state index contributed by atoms with van der Waals surface area (Å²) >= 11 is 1.87. The van der Waals surface area contributed by atoms with Gasteiger partial charge in [0.15, 0.2) is 0 Å². The van der Waals surface area contributed by atoms with Crippen LogP contribution < -0.4 is 10.6 Å². The standard InChI is InChI=1S/C14H17N3S/c1-10(15)11-2-3-14(16-8-11)17-6-4-13-12(9-17)5-7-18-13/h2-3,5,7-8,10H,4,6,9,15H2,1H3/t10-/m1/s1. The van der Waals surface area contributed by atoms with E-state index in [0.29, 0.717) is 0 Å². The maximum Gasteiger partial charge on any atom is 0.128 e. The summed E-state index contributed by atoms with van der Waals surface area (Å²) in [7, 11) is 0. The van der Waals surface area contributed by atoms with Crippen LogP contribution in [-0.4, -0.2) is 11.5 Å². The highest BCUT2D eigenvalue weighted by Crippen LogP contribution is 2.27.